The molecule has 110 valence electrons. The van der Waals surface area contributed by atoms with Crippen LogP contribution in [0.1, 0.15) is 11.5 Å². The Kier molecular flexibility index (Phi) is 2.89. The van der Waals surface area contributed by atoms with Gasteiger partial charge in [-0.15, -0.1) is 0 Å². The van der Waals surface area contributed by atoms with E-state index in [1.807, 2.05) is 30.3 Å². The van der Waals surface area contributed by atoms with Crippen molar-refractivity contribution in [1.29, 1.82) is 0 Å². The van der Waals surface area contributed by atoms with Gasteiger partial charge in [0.1, 0.15) is 18.2 Å². The van der Waals surface area contributed by atoms with E-state index in [1.165, 1.54) is 16.6 Å². The van der Waals surface area contributed by atoms with Gasteiger partial charge in [0.15, 0.2) is 0 Å². The van der Waals surface area contributed by atoms with E-state index in [0.29, 0.717) is 6.61 Å². The summed E-state index contributed by atoms with van der Waals surface area (Å²) in [7, 11) is 2.08. The van der Waals surface area contributed by atoms with E-state index in [-0.39, 0.29) is 0 Å². The molecule has 0 fully saturated rings. The third-order valence-electron chi connectivity index (χ3n) is 4.07. The van der Waals surface area contributed by atoms with Crippen molar-refractivity contribution in [3.8, 4) is 5.75 Å². The average molecular weight is 291 g/mol. The van der Waals surface area contributed by atoms with E-state index in [2.05, 4.69) is 46.7 Å². The molecule has 4 heteroatoms. The Hall–Kier alpha value is -2.75. The van der Waals surface area contributed by atoms with Gasteiger partial charge in [-0.25, -0.2) is 4.98 Å². The van der Waals surface area contributed by atoms with Gasteiger partial charge in [0.05, 0.1) is 11.0 Å². The van der Waals surface area contributed by atoms with Crippen molar-refractivity contribution in [2.24, 2.45) is 7.05 Å². The standard InChI is InChI=1S/C18H17N3O/c1-12-9-13-10-14(7-8-17(13)21(12)2)22-11-18-19-15-5-3-4-6-16(15)20-18/h3-10H,11H2,1-2H3,(H,19,20). The number of aromatic nitrogens is 3. The van der Waals surface area contributed by atoms with Gasteiger partial charge >= 0.3 is 0 Å². The van der Waals surface area contributed by atoms with Crippen molar-refractivity contribution in [2.45, 2.75) is 13.5 Å². The normalized spacial score (nSPS) is 11.4. The van der Waals surface area contributed by atoms with Crippen molar-refractivity contribution in [3.05, 3.63) is 60.0 Å². The lowest BCUT2D eigenvalue weighted by molar-refractivity contribution is 0.298. The van der Waals surface area contributed by atoms with Crippen LogP contribution in [-0.4, -0.2) is 14.5 Å². The zero-order chi connectivity index (χ0) is 15.1. The van der Waals surface area contributed by atoms with Crippen molar-refractivity contribution in [2.75, 3.05) is 0 Å². The van der Waals surface area contributed by atoms with Crippen molar-refractivity contribution >= 4 is 21.9 Å². The fraction of sp³-hybridized carbons (Fsp3) is 0.167. The molecule has 2 heterocycles. The molecular weight excluding hydrogens is 274 g/mol. The maximum atomic E-state index is 5.88. The summed E-state index contributed by atoms with van der Waals surface area (Å²) in [5.74, 6) is 1.70. The summed E-state index contributed by atoms with van der Waals surface area (Å²) in [4.78, 5) is 7.80. The highest BCUT2D eigenvalue weighted by Crippen LogP contribution is 2.24. The van der Waals surface area contributed by atoms with E-state index < -0.39 is 0 Å². The molecule has 0 amide bonds. The Morgan fingerprint density at radius 2 is 2.00 bits per heavy atom. The van der Waals surface area contributed by atoms with Crippen LogP contribution in [0.25, 0.3) is 21.9 Å². The van der Waals surface area contributed by atoms with Crippen molar-refractivity contribution in [3.63, 3.8) is 0 Å². The zero-order valence-corrected chi connectivity index (χ0v) is 12.6. The molecule has 4 aromatic rings. The van der Waals surface area contributed by atoms with Gasteiger partial charge in [-0.1, -0.05) is 12.1 Å². The molecule has 0 spiro atoms. The predicted octanol–water partition coefficient (Wildman–Crippen LogP) is 3.94. The minimum Gasteiger partial charge on any atom is -0.486 e. The highest BCUT2D eigenvalue weighted by atomic mass is 16.5. The van der Waals surface area contributed by atoms with Gasteiger partial charge in [-0.3, -0.25) is 0 Å². The Morgan fingerprint density at radius 3 is 2.86 bits per heavy atom. The summed E-state index contributed by atoms with van der Waals surface area (Å²) in [5, 5.41) is 1.20. The number of ether oxygens (including phenoxy) is 1. The number of fused-ring (bicyclic) bond motifs is 2. The first kappa shape index (κ1) is 13.0. The lowest BCUT2D eigenvalue weighted by Crippen LogP contribution is -1.97. The Morgan fingerprint density at radius 1 is 1.14 bits per heavy atom. The van der Waals surface area contributed by atoms with Crippen LogP contribution in [0.5, 0.6) is 5.75 Å². The Labute approximate surface area is 128 Å². The van der Waals surface area contributed by atoms with Crippen LogP contribution in [0.3, 0.4) is 0 Å². The minimum atomic E-state index is 0.437. The minimum absolute atomic E-state index is 0.437. The molecule has 0 bridgehead atoms. The maximum absolute atomic E-state index is 5.88. The van der Waals surface area contributed by atoms with Crippen LogP contribution in [0.15, 0.2) is 48.5 Å². The fourth-order valence-corrected chi connectivity index (χ4v) is 2.78. The van der Waals surface area contributed by atoms with E-state index in [1.54, 1.807) is 0 Å². The number of H-pyrrole nitrogens is 1. The Balaban J connectivity index is 1.58. The summed E-state index contributed by atoms with van der Waals surface area (Å²) in [5.41, 5.74) is 4.46. The molecule has 0 aliphatic carbocycles. The summed E-state index contributed by atoms with van der Waals surface area (Å²) < 4.78 is 8.05. The van der Waals surface area contributed by atoms with Gasteiger partial charge in [0.2, 0.25) is 0 Å². The van der Waals surface area contributed by atoms with Gasteiger partial charge in [-0.2, -0.15) is 0 Å². The van der Waals surface area contributed by atoms with Gasteiger partial charge in [0.25, 0.3) is 0 Å². The summed E-state index contributed by atoms with van der Waals surface area (Å²) in [6, 6.07) is 16.3. The quantitative estimate of drug-likeness (QED) is 0.621. The number of nitrogens with zero attached hydrogens (tertiary/aromatic N) is 2. The molecule has 0 radical (unpaired) electrons. The zero-order valence-electron chi connectivity index (χ0n) is 12.6. The smallest absolute Gasteiger partial charge is 0.146 e. The van der Waals surface area contributed by atoms with Crippen LogP contribution < -0.4 is 4.74 Å². The third-order valence-corrected chi connectivity index (χ3v) is 4.07. The van der Waals surface area contributed by atoms with E-state index in [0.717, 1.165) is 22.6 Å². The van der Waals surface area contributed by atoms with Gasteiger partial charge in [-0.05, 0) is 43.3 Å². The third kappa shape index (κ3) is 2.13. The molecule has 2 aromatic heterocycles. The van der Waals surface area contributed by atoms with E-state index >= 15 is 0 Å². The lowest BCUT2D eigenvalue weighted by Gasteiger charge is -2.05. The number of benzene rings is 2. The number of hydrogen-bond acceptors (Lipinski definition) is 2. The average Bonchev–Trinajstić information content (AvgIpc) is 3.06. The van der Waals surface area contributed by atoms with Crippen LogP contribution in [0, 0.1) is 6.92 Å². The topological polar surface area (TPSA) is 42.8 Å². The van der Waals surface area contributed by atoms with Crippen LogP contribution in [-0.2, 0) is 13.7 Å². The largest absolute Gasteiger partial charge is 0.486 e. The summed E-state index contributed by atoms with van der Waals surface area (Å²) in [6.07, 6.45) is 0. The second-order valence-electron chi connectivity index (χ2n) is 5.55. The molecule has 2 aromatic carbocycles. The predicted molar refractivity (Wildman–Crippen MR) is 88.1 cm³/mol. The summed E-state index contributed by atoms with van der Waals surface area (Å²) >= 11 is 0. The first-order valence-electron chi connectivity index (χ1n) is 7.33. The molecule has 0 aliphatic heterocycles. The highest BCUT2D eigenvalue weighted by molar-refractivity contribution is 5.82. The molecular formula is C18H17N3O. The molecule has 4 nitrogen and oxygen atoms in total. The molecule has 0 saturated carbocycles. The molecule has 1 N–H and O–H groups in total. The second-order valence-corrected chi connectivity index (χ2v) is 5.55. The van der Waals surface area contributed by atoms with E-state index in [9.17, 15) is 0 Å². The SMILES string of the molecule is Cc1cc2cc(OCc3nc4ccccc4[nH]3)ccc2n1C. The number of aromatic amines is 1. The Bertz CT molecular complexity index is 932. The molecule has 0 unspecified atom stereocenters. The first-order valence-corrected chi connectivity index (χ1v) is 7.33. The van der Waals surface area contributed by atoms with E-state index in [4.69, 9.17) is 4.74 Å². The lowest BCUT2D eigenvalue weighted by atomic mass is 10.2. The molecule has 4 rings (SSSR count). The van der Waals surface area contributed by atoms with Crippen LogP contribution in [0.4, 0.5) is 0 Å². The molecule has 0 saturated heterocycles. The maximum Gasteiger partial charge on any atom is 0.146 e. The van der Waals surface area contributed by atoms with Gasteiger partial charge in [0, 0.05) is 23.6 Å². The van der Waals surface area contributed by atoms with Crippen LogP contribution >= 0.6 is 0 Å². The molecule has 0 aliphatic rings. The highest BCUT2D eigenvalue weighted by Gasteiger charge is 2.06. The monoisotopic (exact) mass is 291 g/mol. The molecule has 22 heavy (non-hydrogen) atoms. The summed E-state index contributed by atoms with van der Waals surface area (Å²) in [6.45, 7) is 2.54. The number of para-hydroxylation sites is 2. The number of nitrogens with one attached hydrogen (secondary N) is 1. The number of aryl methyl sites for hydroxylation is 2. The number of imidazole rings is 1. The fourth-order valence-electron chi connectivity index (χ4n) is 2.78. The second kappa shape index (κ2) is 4.91. The first-order chi connectivity index (χ1) is 10.7. The number of hydrogen-bond donors (Lipinski definition) is 1. The van der Waals surface area contributed by atoms with Crippen molar-refractivity contribution in [1.82, 2.24) is 14.5 Å². The molecule has 0 atom stereocenters. The van der Waals surface area contributed by atoms with Crippen LogP contribution in [0.2, 0.25) is 0 Å². The van der Waals surface area contributed by atoms with Gasteiger partial charge < -0.3 is 14.3 Å². The number of rotatable bonds is 3. The van der Waals surface area contributed by atoms with Crippen molar-refractivity contribution < 1.29 is 4.74 Å².